The maximum absolute atomic E-state index is 13.1. The molecule has 0 spiro atoms. The number of likely N-dealkylation sites (N-methyl/N-ethyl adjacent to an activating group) is 1. The number of carbonyl (C=O) groups is 3. The van der Waals surface area contributed by atoms with Crippen LogP contribution in [-0.2, 0) is 14.1 Å². The number of fused-ring (bicyclic) bond motifs is 1. The van der Waals surface area contributed by atoms with Crippen LogP contribution < -0.4 is 16.0 Å². The van der Waals surface area contributed by atoms with Crippen molar-refractivity contribution in [2.24, 2.45) is 14.1 Å². The number of nitrogens with zero attached hydrogens (tertiary/aromatic N) is 4. The molecule has 0 radical (unpaired) electrons. The molecule has 5 rings (SSSR count). The molecule has 46 heavy (non-hydrogen) atoms. The Morgan fingerprint density at radius 2 is 1.39 bits per heavy atom. The highest BCUT2D eigenvalue weighted by Gasteiger charge is 2.18. The Hall–Kier alpha value is -5.48. The third-order valence-corrected chi connectivity index (χ3v) is 8.10. The molecule has 0 saturated heterocycles. The molecule has 3 aromatic heterocycles. The number of benzene rings is 2. The summed E-state index contributed by atoms with van der Waals surface area (Å²) in [5.41, 5.74) is 5.18. The molecular weight excluding hydrogens is 578 g/mol. The summed E-state index contributed by atoms with van der Waals surface area (Å²) in [6, 6.07) is 20.6. The second kappa shape index (κ2) is 13.7. The lowest BCUT2D eigenvalue weighted by Crippen LogP contribution is -2.45. The van der Waals surface area contributed by atoms with Crippen LogP contribution in [0.4, 0.5) is 11.4 Å². The summed E-state index contributed by atoms with van der Waals surface area (Å²) >= 11 is 0. The van der Waals surface area contributed by atoms with E-state index in [1.165, 1.54) is 0 Å². The molecule has 0 unspecified atom stereocenters. The zero-order valence-corrected chi connectivity index (χ0v) is 26.9. The topological polar surface area (TPSA) is 110 Å². The van der Waals surface area contributed by atoms with Gasteiger partial charge in [-0.3, -0.25) is 19.4 Å². The Labute approximate surface area is 269 Å². The number of pyridine rings is 1. The fraction of sp³-hybridized carbons (Fsp3) is 0.222. The molecule has 0 atom stereocenters. The standard InChI is InChI=1S/C36H39N7O3/c1-6-43(4,5)18-17-37-35(45)32-20-30(24-41(32)2)40-36(46)33-21-29(23-42(33)3)39-34(44)27-15-13-25(14-16-27)11-12-26-19-28-9-7-8-10-31(28)38-22-26/h7-16,19-24H,6,17-18H2,1-5H3,(H2-,37,39,40,44,45,46)/p+1/b12-11+. The van der Waals surface area contributed by atoms with Gasteiger partial charge in [-0.1, -0.05) is 42.5 Å². The molecule has 0 aliphatic carbocycles. The van der Waals surface area contributed by atoms with Crippen molar-refractivity contribution >= 4 is 52.2 Å². The van der Waals surface area contributed by atoms with Crippen molar-refractivity contribution in [2.75, 3.05) is 44.4 Å². The number of aromatic nitrogens is 3. The lowest BCUT2D eigenvalue weighted by molar-refractivity contribution is -0.887. The molecule has 0 fully saturated rings. The zero-order valence-electron chi connectivity index (χ0n) is 26.9. The van der Waals surface area contributed by atoms with E-state index in [-0.39, 0.29) is 17.7 Å². The molecule has 10 heteroatoms. The Morgan fingerprint density at radius 1 is 0.783 bits per heavy atom. The van der Waals surface area contributed by atoms with Crippen molar-refractivity contribution in [3.63, 3.8) is 0 Å². The van der Waals surface area contributed by atoms with Gasteiger partial charge in [-0.15, -0.1) is 0 Å². The summed E-state index contributed by atoms with van der Waals surface area (Å²) in [7, 11) is 7.73. The van der Waals surface area contributed by atoms with E-state index in [0.29, 0.717) is 34.9 Å². The second-order valence-corrected chi connectivity index (χ2v) is 12.0. The maximum atomic E-state index is 13.1. The summed E-state index contributed by atoms with van der Waals surface area (Å²) in [5.74, 6) is -0.846. The molecular formula is C36H40N7O3+. The van der Waals surface area contributed by atoms with Gasteiger partial charge in [0.15, 0.2) is 0 Å². The Bertz CT molecular complexity index is 1920. The minimum absolute atomic E-state index is 0.200. The molecule has 2 aromatic carbocycles. The van der Waals surface area contributed by atoms with Crippen LogP contribution in [0.2, 0.25) is 0 Å². The molecule has 3 heterocycles. The van der Waals surface area contributed by atoms with Crippen LogP contribution in [-0.4, -0.2) is 70.1 Å². The van der Waals surface area contributed by atoms with Gasteiger partial charge in [-0.25, -0.2) is 0 Å². The van der Waals surface area contributed by atoms with Crippen LogP contribution in [0.5, 0.6) is 0 Å². The zero-order chi connectivity index (χ0) is 32.8. The first-order chi connectivity index (χ1) is 22.0. The molecule has 10 nitrogen and oxygen atoms in total. The summed E-state index contributed by atoms with van der Waals surface area (Å²) in [6.07, 6.45) is 9.18. The fourth-order valence-corrected chi connectivity index (χ4v) is 4.95. The first-order valence-corrected chi connectivity index (χ1v) is 15.2. The molecule has 236 valence electrons. The van der Waals surface area contributed by atoms with Crippen molar-refractivity contribution in [3.8, 4) is 0 Å². The number of carbonyl (C=O) groups excluding carboxylic acids is 3. The highest BCUT2D eigenvalue weighted by atomic mass is 16.2. The van der Waals surface area contributed by atoms with Gasteiger partial charge in [0.2, 0.25) is 0 Å². The van der Waals surface area contributed by atoms with Gasteiger partial charge >= 0.3 is 0 Å². The van der Waals surface area contributed by atoms with Gasteiger partial charge < -0.3 is 29.6 Å². The molecule has 0 aliphatic heterocycles. The monoisotopic (exact) mass is 618 g/mol. The third kappa shape index (κ3) is 7.77. The van der Waals surface area contributed by atoms with Gasteiger partial charge in [0.25, 0.3) is 17.7 Å². The first-order valence-electron chi connectivity index (χ1n) is 15.2. The van der Waals surface area contributed by atoms with E-state index in [9.17, 15) is 14.4 Å². The second-order valence-electron chi connectivity index (χ2n) is 12.0. The molecule has 0 aliphatic rings. The Kier molecular flexibility index (Phi) is 9.48. The van der Waals surface area contributed by atoms with Crippen molar-refractivity contribution in [3.05, 3.63) is 113 Å². The van der Waals surface area contributed by atoms with Crippen molar-refractivity contribution in [1.29, 1.82) is 0 Å². The smallest absolute Gasteiger partial charge is 0.272 e. The van der Waals surface area contributed by atoms with Gasteiger partial charge in [-0.2, -0.15) is 0 Å². The largest absolute Gasteiger partial charge is 0.345 e. The average molecular weight is 619 g/mol. The number of nitrogens with one attached hydrogen (secondary N) is 3. The van der Waals surface area contributed by atoms with Crippen molar-refractivity contribution in [1.82, 2.24) is 19.4 Å². The van der Waals surface area contributed by atoms with E-state index in [1.807, 2.05) is 54.7 Å². The van der Waals surface area contributed by atoms with E-state index in [1.54, 1.807) is 59.9 Å². The van der Waals surface area contributed by atoms with Gasteiger partial charge in [0.1, 0.15) is 11.4 Å². The Morgan fingerprint density at radius 3 is 2.07 bits per heavy atom. The predicted octanol–water partition coefficient (Wildman–Crippen LogP) is 5.41. The van der Waals surface area contributed by atoms with E-state index >= 15 is 0 Å². The van der Waals surface area contributed by atoms with Crippen molar-refractivity contribution < 1.29 is 18.9 Å². The predicted molar refractivity (Wildman–Crippen MR) is 184 cm³/mol. The average Bonchev–Trinajstić information content (AvgIpc) is 3.60. The van der Waals surface area contributed by atoms with Crippen LogP contribution in [0.1, 0.15) is 49.4 Å². The number of amides is 3. The van der Waals surface area contributed by atoms with Crippen LogP contribution in [0.25, 0.3) is 23.1 Å². The molecule has 3 amide bonds. The third-order valence-electron chi connectivity index (χ3n) is 8.10. The van der Waals surface area contributed by atoms with Gasteiger partial charge in [0, 0.05) is 43.6 Å². The first kappa shape index (κ1) is 31.9. The van der Waals surface area contributed by atoms with E-state index in [4.69, 9.17) is 0 Å². The van der Waals surface area contributed by atoms with E-state index in [2.05, 4.69) is 48.0 Å². The van der Waals surface area contributed by atoms with Crippen LogP contribution in [0.3, 0.4) is 0 Å². The normalized spacial score (nSPS) is 11.6. The number of anilines is 2. The number of quaternary nitrogens is 1. The maximum Gasteiger partial charge on any atom is 0.272 e. The number of para-hydroxylation sites is 1. The number of aryl methyl sites for hydroxylation is 2. The highest BCUT2D eigenvalue weighted by Crippen LogP contribution is 2.19. The minimum Gasteiger partial charge on any atom is -0.345 e. The van der Waals surface area contributed by atoms with E-state index < -0.39 is 0 Å². The molecule has 5 aromatic rings. The number of rotatable bonds is 11. The van der Waals surface area contributed by atoms with Gasteiger partial charge in [-0.05, 0) is 54.4 Å². The SMILES string of the molecule is CC[N+](C)(C)CCNC(=O)c1cc(NC(=O)c2cc(NC(=O)c3ccc(/C=C/c4cnc5ccccc5c4)cc3)cn2C)cn1C. The molecule has 0 bridgehead atoms. The number of hydrogen-bond donors (Lipinski definition) is 3. The van der Waals surface area contributed by atoms with Crippen LogP contribution >= 0.6 is 0 Å². The minimum atomic E-state index is -0.361. The quantitative estimate of drug-likeness (QED) is 0.172. The Balaban J connectivity index is 1.17. The number of hydrogen-bond acceptors (Lipinski definition) is 4. The molecule has 0 saturated carbocycles. The summed E-state index contributed by atoms with van der Waals surface area (Å²) in [5, 5.41) is 9.76. The summed E-state index contributed by atoms with van der Waals surface area (Å²) < 4.78 is 4.14. The van der Waals surface area contributed by atoms with E-state index in [0.717, 1.165) is 39.6 Å². The lowest BCUT2D eigenvalue weighted by Gasteiger charge is -2.28. The summed E-state index contributed by atoms with van der Waals surface area (Å²) in [6.45, 7) is 4.45. The lowest BCUT2D eigenvalue weighted by atomic mass is 10.1. The molecule has 3 N–H and O–H groups in total. The fourth-order valence-electron chi connectivity index (χ4n) is 4.95. The van der Waals surface area contributed by atoms with Gasteiger partial charge in [0.05, 0.1) is 50.6 Å². The highest BCUT2D eigenvalue weighted by molar-refractivity contribution is 6.07. The van der Waals surface area contributed by atoms with Crippen LogP contribution in [0.15, 0.2) is 85.3 Å². The van der Waals surface area contributed by atoms with Crippen LogP contribution in [0, 0.1) is 0 Å². The summed E-state index contributed by atoms with van der Waals surface area (Å²) in [4.78, 5) is 43.3. The van der Waals surface area contributed by atoms with Crippen molar-refractivity contribution in [2.45, 2.75) is 6.92 Å².